The van der Waals surface area contributed by atoms with E-state index in [4.69, 9.17) is 5.73 Å². The van der Waals surface area contributed by atoms with Crippen molar-refractivity contribution in [3.05, 3.63) is 0 Å². The van der Waals surface area contributed by atoms with Crippen LogP contribution in [0.2, 0.25) is 0 Å². The van der Waals surface area contributed by atoms with Crippen LogP contribution in [-0.4, -0.2) is 29.9 Å². The van der Waals surface area contributed by atoms with Gasteiger partial charge in [-0.1, -0.05) is 20.8 Å². The van der Waals surface area contributed by atoms with E-state index in [1.54, 1.807) is 0 Å². The van der Waals surface area contributed by atoms with Crippen LogP contribution in [0.1, 0.15) is 59.8 Å². The smallest absolute Gasteiger partial charge is 0.223 e. The predicted molar refractivity (Wildman–Crippen MR) is 83.2 cm³/mol. The van der Waals surface area contributed by atoms with E-state index < -0.39 is 0 Å². The van der Waals surface area contributed by atoms with E-state index in [1.807, 2.05) is 0 Å². The van der Waals surface area contributed by atoms with Gasteiger partial charge in [0.25, 0.3) is 0 Å². The normalized spacial score (nSPS) is 37.1. The molecule has 4 unspecified atom stereocenters. The molecular weight excluding hydrogens is 248 g/mol. The lowest BCUT2D eigenvalue weighted by molar-refractivity contribution is -0.133. The van der Waals surface area contributed by atoms with Crippen molar-refractivity contribution in [3.8, 4) is 0 Å². The summed E-state index contributed by atoms with van der Waals surface area (Å²) >= 11 is 0. The molecule has 1 aliphatic carbocycles. The maximum absolute atomic E-state index is 12.6. The van der Waals surface area contributed by atoms with Crippen LogP contribution in [0.5, 0.6) is 0 Å². The highest BCUT2D eigenvalue weighted by Crippen LogP contribution is 2.43. The second kappa shape index (κ2) is 6.05. The molecule has 1 aliphatic heterocycles. The summed E-state index contributed by atoms with van der Waals surface area (Å²) in [6.07, 6.45) is 5.54. The van der Waals surface area contributed by atoms with Gasteiger partial charge < -0.3 is 10.6 Å². The molecular formula is C17H32N2O. The summed E-state index contributed by atoms with van der Waals surface area (Å²) in [6.45, 7) is 10.8. The first kappa shape index (κ1) is 15.8. The fraction of sp³-hybridized carbons (Fsp3) is 0.941. The molecule has 2 N–H and O–H groups in total. The second-order valence-corrected chi connectivity index (χ2v) is 8.22. The Bertz CT molecular complexity index is 353. The molecule has 1 saturated heterocycles. The van der Waals surface area contributed by atoms with Gasteiger partial charge in [0.1, 0.15) is 0 Å². The molecule has 0 aromatic heterocycles. The minimum atomic E-state index is 0.364. The van der Waals surface area contributed by atoms with Gasteiger partial charge in [0.15, 0.2) is 0 Å². The number of hydrogen-bond acceptors (Lipinski definition) is 2. The Morgan fingerprint density at radius 2 is 1.90 bits per heavy atom. The molecule has 0 radical (unpaired) electrons. The Morgan fingerprint density at radius 3 is 2.45 bits per heavy atom. The monoisotopic (exact) mass is 280 g/mol. The molecule has 0 aromatic rings. The summed E-state index contributed by atoms with van der Waals surface area (Å²) < 4.78 is 0. The van der Waals surface area contributed by atoms with E-state index in [0.717, 1.165) is 25.3 Å². The molecule has 2 fully saturated rings. The van der Waals surface area contributed by atoms with Crippen molar-refractivity contribution in [3.63, 3.8) is 0 Å². The Morgan fingerprint density at radius 1 is 1.20 bits per heavy atom. The molecule has 0 aromatic carbocycles. The molecule has 1 saturated carbocycles. The quantitative estimate of drug-likeness (QED) is 0.863. The van der Waals surface area contributed by atoms with Gasteiger partial charge >= 0.3 is 0 Å². The Hall–Kier alpha value is -0.570. The van der Waals surface area contributed by atoms with Crippen LogP contribution < -0.4 is 5.73 Å². The van der Waals surface area contributed by atoms with Gasteiger partial charge in [-0.25, -0.2) is 0 Å². The lowest BCUT2D eigenvalue weighted by Gasteiger charge is -2.39. The van der Waals surface area contributed by atoms with Crippen LogP contribution in [0.4, 0.5) is 0 Å². The molecule has 3 nitrogen and oxygen atoms in total. The van der Waals surface area contributed by atoms with Crippen molar-refractivity contribution in [2.75, 3.05) is 13.1 Å². The van der Waals surface area contributed by atoms with Crippen LogP contribution in [0.3, 0.4) is 0 Å². The summed E-state index contributed by atoms with van der Waals surface area (Å²) in [5.41, 5.74) is 6.16. The van der Waals surface area contributed by atoms with Crippen molar-refractivity contribution < 1.29 is 4.79 Å². The van der Waals surface area contributed by atoms with E-state index in [-0.39, 0.29) is 0 Å². The number of carbonyl (C=O) groups is 1. The molecule has 0 spiro atoms. The number of carbonyl (C=O) groups excluding carboxylic acids is 1. The first-order valence-corrected chi connectivity index (χ1v) is 8.30. The van der Waals surface area contributed by atoms with Crippen molar-refractivity contribution in [1.82, 2.24) is 4.90 Å². The molecule has 20 heavy (non-hydrogen) atoms. The number of likely N-dealkylation sites (tertiary alicyclic amines) is 1. The molecule has 0 bridgehead atoms. The maximum atomic E-state index is 12.6. The average Bonchev–Trinajstić information content (AvgIpc) is 2.67. The van der Waals surface area contributed by atoms with E-state index in [1.165, 1.54) is 19.3 Å². The molecule has 2 rings (SSSR count). The van der Waals surface area contributed by atoms with Crippen molar-refractivity contribution >= 4 is 5.91 Å². The summed E-state index contributed by atoms with van der Waals surface area (Å²) in [5, 5.41) is 0. The van der Waals surface area contributed by atoms with Crippen molar-refractivity contribution in [2.24, 2.45) is 28.9 Å². The van der Waals surface area contributed by atoms with Gasteiger partial charge in [0.05, 0.1) is 0 Å². The van der Waals surface area contributed by atoms with Gasteiger partial charge in [-0.3, -0.25) is 4.79 Å². The third-order valence-corrected chi connectivity index (χ3v) is 5.26. The lowest BCUT2D eigenvalue weighted by atomic mass is 9.67. The summed E-state index contributed by atoms with van der Waals surface area (Å²) in [5.74, 6) is 2.20. The number of rotatable bonds is 3. The average molecular weight is 280 g/mol. The minimum absolute atomic E-state index is 0.364. The zero-order valence-corrected chi connectivity index (χ0v) is 13.7. The largest absolute Gasteiger partial charge is 0.340 e. The number of nitrogens with zero attached hydrogens (tertiary/aromatic N) is 1. The summed E-state index contributed by atoms with van der Waals surface area (Å²) in [6, 6.07) is 0.380. The van der Waals surface area contributed by atoms with Crippen molar-refractivity contribution in [2.45, 2.75) is 65.8 Å². The Balaban J connectivity index is 1.91. The molecule has 116 valence electrons. The first-order chi connectivity index (χ1) is 9.30. The number of nitrogens with two attached hydrogens (primary N) is 1. The molecule has 2 aliphatic rings. The minimum Gasteiger partial charge on any atom is -0.340 e. The molecule has 4 atom stereocenters. The van der Waals surface area contributed by atoms with Crippen LogP contribution in [-0.2, 0) is 4.79 Å². The van der Waals surface area contributed by atoms with Crippen LogP contribution in [0.15, 0.2) is 0 Å². The van der Waals surface area contributed by atoms with Gasteiger partial charge in [-0.15, -0.1) is 0 Å². The molecule has 1 heterocycles. The fourth-order valence-corrected chi connectivity index (χ4v) is 4.72. The predicted octanol–water partition coefficient (Wildman–Crippen LogP) is 3.03. The fourth-order valence-electron chi connectivity index (χ4n) is 4.72. The van der Waals surface area contributed by atoms with Crippen LogP contribution >= 0.6 is 0 Å². The van der Waals surface area contributed by atoms with E-state index in [0.29, 0.717) is 35.7 Å². The highest BCUT2D eigenvalue weighted by atomic mass is 16.2. The van der Waals surface area contributed by atoms with Gasteiger partial charge in [-0.2, -0.15) is 0 Å². The number of hydrogen-bond donors (Lipinski definition) is 1. The van der Waals surface area contributed by atoms with Gasteiger partial charge in [0, 0.05) is 19.0 Å². The molecule has 1 amide bonds. The summed E-state index contributed by atoms with van der Waals surface area (Å²) in [7, 11) is 0. The van der Waals surface area contributed by atoms with Gasteiger partial charge in [-0.05, 0) is 62.3 Å². The second-order valence-electron chi connectivity index (χ2n) is 8.22. The van der Waals surface area contributed by atoms with E-state index >= 15 is 0 Å². The first-order valence-electron chi connectivity index (χ1n) is 8.30. The van der Waals surface area contributed by atoms with Gasteiger partial charge in [0.2, 0.25) is 5.91 Å². The summed E-state index contributed by atoms with van der Waals surface area (Å²) in [4.78, 5) is 14.7. The zero-order chi connectivity index (χ0) is 14.9. The highest BCUT2D eigenvalue weighted by Gasteiger charge is 2.36. The van der Waals surface area contributed by atoms with E-state index in [2.05, 4.69) is 32.6 Å². The SMILES string of the molecule is CC1CC(CC(=O)N2CC(CN)CC2C)CC(C)(C)C1. The standard InChI is InChI=1S/C17H32N2O/c1-12-5-14(9-17(3,4)8-12)7-16(20)19-11-15(10-18)6-13(19)2/h12-15H,5-11,18H2,1-4H3. The topological polar surface area (TPSA) is 46.3 Å². The van der Waals surface area contributed by atoms with Crippen LogP contribution in [0.25, 0.3) is 0 Å². The van der Waals surface area contributed by atoms with E-state index in [9.17, 15) is 4.79 Å². The third-order valence-electron chi connectivity index (χ3n) is 5.26. The number of amides is 1. The Kier molecular flexibility index (Phi) is 4.78. The zero-order valence-electron chi connectivity index (χ0n) is 13.7. The highest BCUT2D eigenvalue weighted by molar-refractivity contribution is 5.77. The van der Waals surface area contributed by atoms with Crippen molar-refractivity contribution in [1.29, 1.82) is 0 Å². The molecule has 3 heteroatoms. The lowest BCUT2D eigenvalue weighted by Crippen LogP contribution is -2.37. The third kappa shape index (κ3) is 3.75. The Labute approximate surface area is 124 Å². The maximum Gasteiger partial charge on any atom is 0.223 e. The van der Waals surface area contributed by atoms with Crippen LogP contribution in [0, 0.1) is 23.2 Å².